The monoisotopic (exact) mass is 278 g/mol. The third-order valence-electron chi connectivity index (χ3n) is 0.274. The summed E-state index contributed by atoms with van der Waals surface area (Å²) in [4.78, 5) is 47.6. The smallest absolute Gasteiger partial charge is 0.368 e. The van der Waals surface area contributed by atoms with Crippen LogP contribution in [0.2, 0.25) is 0 Å². The van der Waals surface area contributed by atoms with E-state index in [1.807, 2.05) is 0 Å². The van der Waals surface area contributed by atoms with Gasteiger partial charge < -0.3 is 32.9 Å². The Bertz CT molecular complexity index is 84.6. The standard InChI is InChI=1S/2Ca.Mg.H6O7Si2/c;;;1-8(2,3)7-9(4,5)6/h;;;1-6H/q3*+2;. The van der Waals surface area contributed by atoms with Gasteiger partial charge in [0, 0.05) is 0 Å². The van der Waals surface area contributed by atoms with E-state index in [-0.39, 0.29) is 98.5 Å². The largest absolute Gasteiger partial charge is 2.00 e. The van der Waals surface area contributed by atoms with Crippen molar-refractivity contribution in [2.45, 2.75) is 0 Å². The summed E-state index contributed by atoms with van der Waals surface area (Å²) in [6.07, 6.45) is 0. The SMILES string of the molecule is O[Si](O)(O)O[Si](O)(O)O.[Ca+2].[Ca+2].[Mg+2]. The molecule has 12 heteroatoms. The molecule has 12 heavy (non-hydrogen) atoms. The molecule has 56 valence electrons. The van der Waals surface area contributed by atoms with Crippen molar-refractivity contribution in [1.82, 2.24) is 0 Å². The van der Waals surface area contributed by atoms with Crippen LogP contribution in [0.1, 0.15) is 0 Å². The zero-order chi connectivity index (χ0) is 7.71. The zero-order valence-electron chi connectivity index (χ0n) is 6.21. The van der Waals surface area contributed by atoms with Gasteiger partial charge in [-0.2, -0.15) is 0 Å². The van der Waals surface area contributed by atoms with E-state index in [0.29, 0.717) is 0 Å². The van der Waals surface area contributed by atoms with Crippen molar-refractivity contribution >= 4 is 117 Å². The van der Waals surface area contributed by atoms with E-state index in [1.165, 1.54) is 0 Å². The van der Waals surface area contributed by atoms with Gasteiger partial charge in [-0.1, -0.05) is 0 Å². The van der Waals surface area contributed by atoms with Gasteiger partial charge in [0.2, 0.25) is 0 Å². The Morgan fingerprint density at radius 1 is 0.667 bits per heavy atom. The maximum atomic E-state index is 7.94. The summed E-state index contributed by atoms with van der Waals surface area (Å²) < 4.78 is 3.24. The van der Waals surface area contributed by atoms with Gasteiger partial charge in [-0.25, -0.2) is 0 Å². The third kappa shape index (κ3) is 23.3. The first kappa shape index (κ1) is 24.6. The minimum Gasteiger partial charge on any atom is -0.368 e. The summed E-state index contributed by atoms with van der Waals surface area (Å²) in [6, 6.07) is 0. The quantitative estimate of drug-likeness (QED) is 0.278. The number of hydrogen-bond donors (Lipinski definition) is 6. The third-order valence-corrected chi connectivity index (χ3v) is 2.46. The van der Waals surface area contributed by atoms with Gasteiger partial charge in [-0.3, -0.25) is 0 Å². The molecule has 0 aliphatic carbocycles. The van der Waals surface area contributed by atoms with Crippen LogP contribution in [0.4, 0.5) is 0 Å². The van der Waals surface area contributed by atoms with Crippen LogP contribution < -0.4 is 0 Å². The van der Waals surface area contributed by atoms with Gasteiger partial charge in [0.1, 0.15) is 0 Å². The number of rotatable bonds is 2. The van der Waals surface area contributed by atoms with E-state index in [2.05, 4.69) is 4.12 Å². The molecule has 0 aromatic rings. The fourth-order valence-corrected chi connectivity index (χ4v) is 1.65. The molecule has 0 amide bonds. The first-order chi connectivity index (χ1) is 3.71. The molecular formula is H6Ca2MgO7Si2+6. The van der Waals surface area contributed by atoms with Crippen molar-refractivity contribution in [2.24, 2.45) is 0 Å². The van der Waals surface area contributed by atoms with Gasteiger partial charge in [0.15, 0.2) is 0 Å². The Morgan fingerprint density at radius 2 is 0.833 bits per heavy atom. The summed E-state index contributed by atoms with van der Waals surface area (Å²) in [7, 11) is -9.96. The van der Waals surface area contributed by atoms with E-state index < -0.39 is 18.1 Å². The second kappa shape index (κ2) is 9.65. The molecule has 0 aliphatic rings. The first-order valence-corrected chi connectivity index (χ1v) is 5.25. The Labute approximate surface area is 147 Å². The van der Waals surface area contributed by atoms with Crippen LogP contribution in [0.5, 0.6) is 0 Å². The molecule has 0 aliphatic heterocycles. The molecule has 0 heterocycles. The molecule has 0 aromatic heterocycles. The van der Waals surface area contributed by atoms with Gasteiger partial charge >= 0.3 is 117 Å². The van der Waals surface area contributed by atoms with Crippen LogP contribution in [0.3, 0.4) is 0 Å². The number of hydrogen-bond acceptors (Lipinski definition) is 7. The van der Waals surface area contributed by atoms with Crippen molar-refractivity contribution in [3.05, 3.63) is 0 Å². The Hall–Kier alpha value is 3.44. The summed E-state index contributed by atoms with van der Waals surface area (Å²) in [5, 5.41) is 0. The van der Waals surface area contributed by atoms with Gasteiger partial charge in [-0.15, -0.1) is 0 Å². The van der Waals surface area contributed by atoms with E-state index in [4.69, 9.17) is 28.8 Å². The minimum atomic E-state index is -4.98. The molecule has 0 unspecified atom stereocenters. The summed E-state index contributed by atoms with van der Waals surface area (Å²) in [6.45, 7) is 0. The predicted octanol–water partition coefficient (Wildman–Crippen LogP) is -5.31. The van der Waals surface area contributed by atoms with E-state index in [0.717, 1.165) is 0 Å². The molecule has 0 spiro atoms. The Balaban J connectivity index is -0.000000107. The molecule has 0 bridgehead atoms. The van der Waals surface area contributed by atoms with Gasteiger partial charge in [0.05, 0.1) is 0 Å². The Kier molecular flexibility index (Phi) is 19.8. The molecule has 7 nitrogen and oxygen atoms in total. The molecule has 0 aromatic carbocycles. The summed E-state index contributed by atoms with van der Waals surface area (Å²) >= 11 is 0. The van der Waals surface area contributed by atoms with Gasteiger partial charge in [-0.05, 0) is 0 Å². The minimum absolute atomic E-state index is 0. The van der Waals surface area contributed by atoms with E-state index in [1.54, 1.807) is 0 Å². The summed E-state index contributed by atoms with van der Waals surface area (Å²) in [5.74, 6) is 0. The Morgan fingerprint density at radius 3 is 0.833 bits per heavy atom. The van der Waals surface area contributed by atoms with Crippen LogP contribution in [-0.4, -0.2) is 145 Å². The molecular weight excluding hydrogens is 273 g/mol. The maximum Gasteiger partial charge on any atom is 2.00 e. The molecule has 0 fully saturated rings. The van der Waals surface area contributed by atoms with E-state index >= 15 is 0 Å². The van der Waals surface area contributed by atoms with Crippen molar-refractivity contribution in [3.8, 4) is 0 Å². The second-order valence-electron chi connectivity index (χ2n) is 1.25. The van der Waals surface area contributed by atoms with Crippen molar-refractivity contribution in [2.75, 3.05) is 0 Å². The first-order valence-electron chi connectivity index (χ1n) is 1.75. The normalized spacial score (nSPS) is 10.5. The van der Waals surface area contributed by atoms with Crippen molar-refractivity contribution in [1.29, 1.82) is 0 Å². The van der Waals surface area contributed by atoms with Crippen LogP contribution in [0.15, 0.2) is 0 Å². The average Bonchev–Trinajstić information content (AvgIpc) is 1.14. The van der Waals surface area contributed by atoms with E-state index in [9.17, 15) is 0 Å². The molecule has 0 rings (SSSR count). The maximum absolute atomic E-state index is 7.94. The van der Waals surface area contributed by atoms with Crippen LogP contribution >= 0.6 is 0 Å². The van der Waals surface area contributed by atoms with Crippen LogP contribution in [0.25, 0.3) is 0 Å². The van der Waals surface area contributed by atoms with Gasteiger partial charge in [0.25, 0.3) is 0 Å². The molecule has 6 N–H and O–H groups in total. The molecule has 0 atom stereocenters. The topological polar surface area (TPSA) is 131 Å². The predicted molar refractivity (Wildman–Crippen MR) is 43.2 cm³/mol. The van der Waals surface area contributed by atoms with Crippen LogP contribution in [-0.2, 0) is 4.12 Å². The zero-order valence-corrected chi connectivity index (χ0v) is 14.0. The second-order valence-corrected chi connectivity index (χ2v) is 4.36. The van der Waals surface area contributed by atoms with Crippen molar-refractivity contribution in [3.63, 3.8) is 0 Å². The average molecular weight is 279 g/mol. The molecule has 0 saturated heterocycles. The molecule has 0 radical (unpaired) electrons. The van der Waals surface area contributed by atoms with Crippen molar-refractivity contribution < 1.29 is 32.9 Å². The molecule has 0 saturated carbocycles. The van der Waals surface area contributed by atoms with Crippen LogP contribution in [0, 0.1) is 0 Å². The fraction of sp³-hybridized carbons (Fsp3) is 0. The fourth-order valence-electron chi connectivity index (χ4n) is 0.184. The summed E-state index contributed by atoms with van der Waals surface area (Å²) in [5.41, 5.74) is 0.